The monoisotopic (exact) mass is 377 g/mol. The summed E-state index contributed by atoms with van der Waals surface area (Å²) in [6.07, 6.45) is 0.0211. The van der Waals surface area contributed by atoms with Gasteiger partial charge in [0.25, 0.3) is 0 Å². The Labute approximate surface area is 161 Å². The predicted octanol–water partition coefficient (Wildman–Crippen LogP) is 4.00. The normalized spacial score (nSPS) is 11.9. The Kier molecular flexibility index (Phi) is 5.05. The summed E-state index contributed by atoms with van der Waals surface area (Å²) in [5, 5.41) is 0. The lowest BCUT2D eigenvalue weighted by Gasteiger charge is -2.17. The van der Waals surface area contributed by atoms with Gasteiger partial charge in [0.2, 0.25) is 11.8 Å². The van der Waals surface area contributed by atoms with Crippen molar-refractivity contribution in [2.75, 3.05) is 14.2 Å². The van der Waals surface area contributed by atoms with Gasteiger partial charge in [-0.25, -0.2) is 4.98 Å². The van der Waals surface area contributed by atoms with Gasteiger partial charge in [0, 0.05) is 0 Å². The fourth-order valence-electron chi connectivity index (χ4n) is 2.83. The van der Waals surface area contributed by atoms with Crippen molar-refractivity contribution in [2.24, 2.45) is 0 Å². The van der Waals surface area contributed by atoms with Crippen molar-refractivity contribution < 1.29 is 18.6 Å². The van der Waals surface area contributed by atoms with E-state index in [9.17, 15) is 0 Å². The van der Waals surface area contributed by atoms with Crippen LogP contribution in [0, 0.1) is 0 Å². The van der Waals surface area contributed by atoms with E-state index in [0.717, 1.165) is 16.7 Å². The van der Waals surface area contributed by atoms with E-state index in [1.54, 1.807) is 6.07 Å². The molecule has 2 aromatic heterocycles. The molecule has 7 nitrogen and oxygen atoms in total. The third kappa shape index (κ3) is 3.88. The van der Waals surface area contributed by atoms with Crippen LogP contribution in [-0.2, 0) is 6.42 Å². The van der Waals surface area contributed by atoms with Crippen molar-refractivity contribution in [1.82, 2.24) is 15.0 Å². The van der Waals surface area contributed by atoms with Crippen molar-refractivity contribution in [3.05, 3.63) is 72.1 Å². The maximum absolute atomic E-state index is 6.10. The summed E-state index contributed by atoms with van der Waals surface area (Å²) in [5.41, 5.74) is 2.50. The predicted molar refractivity (Wildman–Crippen MR) is 103 cm³/mol. The zero-order chi connectivity index (χ0) is 19.3. The van der Waals surface area contributed by atoms with Crippen LogP contribution in [0.2, 0.25) is 0 Å². The first-order chi connectivity index (χ1) is 13.7. The van der Waals surface area contributed by atoms with Gasteiger partial charge >= 0.3 is 6.01 Å². The largest absolute Gasteiger partial charge is 0.481 e. The van der Waals surface area contributed by atoms with Gasteiger partial charge in [0.1, 0.15) is 11.6 Å². The maximum Gasteiger partial charge on any atom is 0.323 e. The molecule has 0 spiro atoms. The van der Waals surface area contributed by atoms with E-state index in [2.05, 4.69) is 15.0 Å². The van der Waals surface area contributed by atoms with Gasteiger partial charge in [-0.05, 0) is 17.7 Å². The molecule has 0 saturated heterocycles. The second-order valence-corrected chi connectivity index (χ2v) is 6.03. The lowest BCUT2D eigenvalue weighted by molar-refractivity contribution is 0.175. The SMILES string of the molecule is COc1cc(OC)nc(OC(Cc2nc3ccccc3o2)c2ccccc2)n1. The van der Waals surface area contributed by atoms with Crippen molar-refractivity contribution >= 4 is 11.1 Å². The summed E-state index contributed by atoms with van der Waals surface area (Å²) in [6, 6.07) is 19.2. The molecule has 1 unspecified atom stereocenters. The molecular weight excluding hydrogens is 358 g/mol. The van der Waals surface area contributed by atoms with Gasteiger partial charge in [-0.1, -0.05) is 42.5 Å². The molecule has 0 amide bonds. The molecule has 0 bridgehead atoms. The number of oxazole rings is 1. The van der Waals surface area contributed by atoms with Crippen LogP contribution in [0.25, 0.3) is 11.1 Å². The standard InChI is InChI=1S/C21H19N3O4/c1-25-18-13-19(26-2)24-21(23-18)28-17(14-8-4-3-5-9-14)12-20-22-15-10-6-7-11-16(15)27-20/h3-11,13,17H,12H2,1-2H3. The summed E-state index contributed by atoms with van der Waals surface area (Å²) in [5.74, 6) is 1.29. The maximum atomic E-state index is 6.10. The van der Waals surface area contributed by atoms with Gasteiger partial charge in [-0.2, -0.15) is 9.97 Å². The molecule has 0 saturated carbocycles. The summed E-state index contributed by atoms with van der Waals surface area (Å²) in [7, 11) is 3.05. The first-order valence-electron chi connectivity index (χ1n) is 8.78. The topological polar surface area (TPSA) is 79.5 Å². The number of aromatic nitrogens is 3. The Morgan fingerprint density at radius 2 is 1.54 bits per heavy atom. The number of rotatable bonds is 7. The minimum Gasteiger partial charge on any atom is -0.481 e. The molecule has 2 aromatic carbocycles. The number of hydrogen-bond donors (Lipinski definition) is 0. The summed E-state index contributed by atoms with van der Waals surface area (Å²) < 4.78 is 22.4. The molecule has 142 valence electrons. The van der Waals surface area contributed by atoms with Gasteiger partial charge in [0.15, 0.2) is 11.5 Å². The van der Waals surface area contributed by atoms with Crippen LogP contribution >= 0.6 is 0 Å². The van der Waals surface area contributed by atoms with Gasteiger partial charge < -0.3 is 18.6 Å². The molecule has 7 heteroatoms. The Morgan fingerprint density at radius 1 is 0.857 bits per heavy atom. The van der Waals surface area contributed by atoms with Crippen molar-refractivity contribution in [2.45, 2.75) is 12.5 Å². The van der Waals surface area contributed by atoms with Crippen LogP contribution in [0.4, 0.5) is 0 Å². The van der Waals surface area contributed by atoms with E-state index < -0.39 is 6.10 Å². The van der Waals surface area contributed by atoms with E-state index >= 15 is 0 Å². The Morgan fingerprint density at radius 3 is 2.21 bits per heavy atom. The van der Waals surface area contributed by atoms with Crippen LogP contribution < -0.4 is 14.2 Å². The van der Waals surface area contributed by atoms with Crippen molar-refractivity contribution in [1.29, 1.82) is 0 Å². The van der Waals surface area contributed by atoms with E-state index in [0.29, 0.717) is 24.1 Å². The van der Waals surface area contributed by atoms with Crippen LogP contribution in [-0.4, -0.2) is 29.2 Å². The first kappa shape index (κ1) is 17.8. The summed E-state index contributed by atoms with van der Waals surface area (Å²) in [4.78, 5) is 13.1. The molecule has 4 rings (SSSR count). The number of nitrogens with zero attached hydrogens (tertiary/aromatic N) is 3. The van der Waals surface area contributed by atoms with E-state index in [-0.39, 0.29) is 6.01 Å². The number of fused-ring (bicyclic) bond motifs is 1. The zero-order valence-corrected chi connectivity index (χ0v) is 15.5. The average Bonchev–Trinajstić information content (AvgIpc) is 3.16. The first-order valence-corrected chi connectivity index (χ1v) is 8.78. The highest BCUT2D eigenvalue weighted by Crippen LogP contribution is 2.27. The second-order valence-electron chi connectivity index (χ2n) is 6.03. The zero-order valence-electron chi connectivity index (χ0n) is 15.5. The Bertz CT molecular complexity index is 1010. The number of ether oxygens (including phenoxy) is 3. The molecule has 0 aliphatic heterocycles. The second kappa shape index (κ2) is 7.96. The minimum atomic E-state index is -0.397. The summed E-state index contributed by atoms with van der Waals surface area (Å²) in [6.45, 7) is 0. The van der Waals surface area contributed by atoms with E-state index in [4.69, 9.17) is 18.6 Å². The molecule has 1 atom stereocenters. The van der Waals surface area contributed by atoms with Crippen molar-refractivity contribution in [3.63, 3.8) is 0 Å². The molecule has 0 fully saturated rings. The summed E-state index contributed by atoms with van der Waals surface area (Å²) >= 11 is 0. The number of para-hydroxylation sites is 2. The van der Waals surface area contributed by atoms with Gasteiger partial charge in [-0.3, -0.25) is 0 Å². The van der Waals surface area contributed by atoms with Crippen molar-refractivity contribution in [3.8, 4) is 17.8 Å². The fourth-order valence-corrected chi connectivity index (χ4v) is 2.83. The minimum absolute atomic E-state index is 0.154. The van der Waals surface area contributed by atoms with Crippen LogP contribution in [0.1, 0.15) is 17.6 Å². The third-order valence-corrected chi connectivity index (χ3v) is 4.19. The highest BCUT2D eigenvalue weighted by atomic mass is 16.5. The number of benzene rings is 2. The smallest absolute Gasteiger partial charge is 0.323 e. The lowest BCUT2D eigenvalue weighted by Crippen LogP contribution is -2.13. The van der Waals surface area contributed by atoms with E-state index in [1.165, 1.54) is 14.2 Å². The number of hydrogen-bond acceptors (Lipinski definition) is 7. The lowest BCUT2D eigenvalue weighted by atomic mass is 10.1. The van der Waals surface area contributed by atoms with Gasteiger partial charge in [0.05, 0.1) is 26.7 Å². The van der Waals surface area contributed by atoms with E-state index in [1.807, 2.05) is 54.6 Å². The molecule has 2 heterocycles. The molecule has 0 aliphatic rings. The molecule has 0 aliphatic carbocycles. The van der Waals surface area contributed by atoms with Crippen LogP contribution in [0.15, 0.2) is 65.1 Å². The molecule has 4 aromatic rings. The highest BCUT2D eigenvalue weighted by Gasteiger charge is 2.20. The fraction of sp³-hybridized carbons (Fsp3) is 0.190. The quantitative estimate of drug-likeness (QED) is 0.482. The third-order valence-electron chi connectivity index (χ3n) is 4.19. The average molecular weight is 377 g/mol. The molecular formula is C21H19N3O4. The highest BCUT2D eigenvalue weighted by molar-refractivity contribution is 5.72. The number of methoxy groups -OCH3 is 2. The molecule has 28 heavy (non-hydrogen) atoms. The Hall–Kier alpha value is -3.61. The van der Waals surface area contributed by atoms with Crippen LogP contribution in [0.5, 0.6) is 17.8 Å². The molecule has 0 N–H and O–H groups in total. The Balaban J connectivity index is 1.66. The van der Waals surface area contributed by atoms with Crippen LogP contribution in [0.3, 0.4) is 0 Å². The molecule has 0 radical (unpaired) electrons. The van der Waals surface area contributed by atoms with Gasteiger partial charge in [-0.15, -0.1) is 0 Å².